The van der Waals surface area contributed by atoms with E-state index in [9.17, 15) is 9.90 Å². The fraction of sp³-hybridized carbons (Fsp3) is 0.438. The second-order valence-corrected chi connectivity index (χ2v) is 5.91. The molecule has 1 saturated carbocycles. The number of fused-ring (bicyclic) bond motifs is 1. The molecule has 2 aliphatic rings. The van der Waals surface area contributed by atoms with Crippen LogP contribution < -0.4 is 0 Å². The maximum atomic E-state index is 11.6. The van der Waals surface area contributed by atoms with Gasteiger partial charge in [-0.1, -0.05) is 12.2 Å². The molecule has 2 aromatic rings. The third-order valence-corrected chi connectivity index (χ3v) is 4.47. The number of allylic oxidation sites excluding steroid dienone is 2. The number of hydrogen-bond acceptors (Lipinski definition) is 3. The van der Waals surface area contributed by atoms with Crippen LogP contribution >= 0.6 is 0 Å². The van der Waals surface area contributed by atoms with Crippen LogP contribution in [0.25, 0.3) is 11.2 Å². The predicted octanol–water partition coefficient (Wildman–Crippen LogP) is 2.90. The van der Waals surface area contributed by atoms with Crippen LogP contribution in [0.5, 0.6) is 0 Å². The molecule has 0 saturated heterocycles. The Labute approximate surface area is 122 Å². The van der Waals surface area contributed by atoms with Gasteiger partial charge in [-0.3, -0.25) is 4.79 Å². The zero-order valence-electron chi connectivity index (χ0n) is 11.6. The summed E-state index contributed by atoms with van der Waals surface area (Å²) in [4.78, 5) is 20.8. The highest BCUT2D eigenvalue weighted by atomic mass is 16.4. The molecule has 2 aliphatic carbocycles. The molecule has 2 heterocycles. The Morgan fingerprint density at radius 3 is 2.86 bits per heavy atom. The molecule has 4 rings (SSSR count). The molecule has 0 aromatic carbocycles. The van der Waals surface area contributed by atoms with Gasteiger partial charge in [0.2, 0.25) is 0 Å². The average Bonchev–Trinajstić information content (AvgIpc) is 3.27. The van der Waals surface area contributed by atoms with Crippen molar-refractivity contribution in [3.63, 3.8) is 0 Å². The van der Waals surface area contributed by atoms with E-state index < -0.39 is 5.97 Å². The Kier molecular flexibility index (Phi) is 2.80. The van der Waals surface area contributed by atoms with Crippen molar-refractivity contribution in [3.8, 4) is 0 Å². The maximum Gasteiger partial charge on any atom is 0.307 e. The first kappa shape index (κ1) is 12.6. The van der Waals surface area contributed by atoms with Crippen LogP contribution in [-0.4, -0.2) is 25.6 Å². The minimum atomic E-state index is -0.730. The van der Waals surface area contributed by atoms with Gasteiger partial charge in [0.05, 0.1) is 5.92 Å². The van der Waals surface area contributed by atoms with Crippen LogP contribution in [0, 0.1) is 5.92 Å². The molecule has 5 heteroatoms. The number of nitrogens with zero attached hydrogens (tertiary/aromatic N) is 3. The van der Waals surface area contributed by atoms with E-state index in [1.807, 2.05) is 18.2 Å². The van der Waals surface area contributed by atoms with E-state index in [0.717, 1.165) is 36.3 Å². The number of rotatable bonds is 3. The summed E-state index contributed by atoms with van der Waals surface area (Å²) in [5.74, 6) is -0.263. The van der Waals surface area contributed by atoms with Gasteiger partial charge in [0.1, 0.15) is 11.3 Å². The van der Waals surface area contributed by atoms with Gasteiger partial charge in [-0.25, -0.2) is 9.97 Å². The van der Waals surface area contributed by atoms with Crippen molar-refractivity contribution in [2.45, 2.75) is 37.6 Å². The summed E-state index contributed by atoms with van der Waals surface area (Å²) in [6.45, 7) is 0. The Morgan fingerprint density at radius 2 is 2.10 bits per heavy atom. The molecular formula is C16H17N3O2. The SMILES string of the molecule is O=C(O)[C@H]1CC=CC[C@H]1c1nc2cccnc2n1C1CC1. The zero-order valence-corrected chi connectivity index (χ0v) is 11.6. The molecule has 0 bridgehead atoms. The quantitative estimate of drug-likeness (QED) is 0.879. The summed E-state index contributed by atoms with van der Waals surface area (Å²) in [5, 5.41) is 9.50. The average molecular weight is 283 g/mol. The summed E-state index contributed by atoms with van der Waals surface area (Å²) in [5.41, 5.74) is 1.77. The lowest BCUT2D eigenvalue weighted by Crippen LogP contribution is -2.26. The third-order valence-electron chi connectivity index (χ3n) is 4.47. The Hall–Kier alpha value is -2.17. The highest BCUT2D eigenvalue weighted by Gasteiger charge is 2.37. The lowest BCUT2D eigenvalue weighted by molar-refractivity contribution is -0.142. The summed E-state index contributed by atoms with van der Waals surface area (Å²) in [6, 6.07) is 4.28. The lowest BCUT2D eigenvalue weighted by Gasteiger charge is -2.25. The summed E-state index contributed by atoms with van der Waals surface area (Å²) in [6.07, 6.45) is 9.42. The number of aromatic nitrogens is 3. The highest BCUT2D eigenvalue weighted by Crippen LogP contribution is 2.43. The summed E-state index contributed by atoms with van der Waals surface area (Å²) in [7, 11) is 0. The first-order chi connectivity index (χ1) is 10.3. The summed E-state index contributed by atoms with van der Waals surface area (Å²) >= 11 is 0. The van der Waals surface area contributed by atoms with Gasteiger partial charge in [-0.2, -0.15) is 0 Å². The van der Waals surface area contributed by atoms with Gasteiger partial charge in [-0.15, -0.1) is 0 Å². The van der Waals surface area contributed by atoms with Gasteiger partial charge in [-0.05, 0) is 37.8 Å². The highest BCUT2D eigenvalue weighted by molar-refractivity contribution is 5.74. The van der Waals surface area contributed by atoms with Crippen molar-refractivity contribution in [2.75, 3.05) is 0 Å². The van der Waals surface area contributed by atoms with E-state index >= 15 is 0 Å². The van der Waals surface area contributed by atoms with Gasteiger partial charge in [0, 0.05) is 18.2 Å². The van der Waals surface area contributed by atoms with Crippen LogP contribution in [0.2, 0.25) is 0 Å². The van der Waals surface area contributed by atoms with E-state index in [4.69, 9.17) is 4.98 Å². The third kappa shape index (κ3) is 2.04. The maximum absolute atomic E-state index is 11.6. The summed E-state index contributed by atoms with van der Waals surface area (Å²) < 4.78 is 2.19. The standard InChI is InChI=1S/C16H17N3O2/c20-16(21)12-5-2-1-4-11(12)14-18-13-6-3-9-17-15(13)19(14)10-7-8-10/h1-3,6,9-12H,4-5,7-8H2,(H,20,21)/t11-,12+/m1/s1. The van der Waals surface area contributed by atoms with E-state index in [2.05, 4.69) is 15.6 Å². The van der Waals surface area contributed by atoms with E-state index in [1.165, 1.54) is 0 Å². The minimum absolute atomic E-state index is 0.0534. The molecule has 2 atom stereocenters. The van der Waals surface area contributed by atoms with Gasteiger partial charge in [0.15, 0.2) is 5.65 Å². The molecule has 0 aliphatic heterocycles. The zero-order chi connectivity index (χ0) is 14.4. The van der Waals surface area contributed by atoms with Crippen molar-refractivity contribution < 1.29 is 9.90 Å². The first-order valence-corrected chi connectivity index (χ1v) is 7.46. The fourth-order valence-electron chi connectivity index (χ4n) is 3.27. The molecule has 5 nitrogen and oxygen atoms in total. The molecule has 0 amide bonds. The van der Waals surface area contributed by atoms with Crippen LogP contribution in [0.3, 0.4) is 0 Å². The van der Waals surface area contributed by atoms with Crippen molar-refractivity contribution in [2.24, 2.45) is 5.92 Å². The second kappa shape index (κ2) is 4.69. The van der Waals surface area contributed by atoms with Gasteiger partial charge < -0.3 is 9.67 Å². The van der Waals surface area contributed by atoms with Crippen LogP contribution in [0.1, 0.15) is 43.5 Å². The van der Waals surface area contributed by atoms with Crippen LogP contribution in [0.4, 0.5) is 0 Å². The number of carboxylic acids is 1. The normalized spacial score (nSPS) is 25.3. The molecule has 0 radical (unpaired) electrons. The number of carbonyl (C=O) groups is 1. The smallest absolute Gasteiger partial charge is 0.307 e. The molecular weight excluding hydrogens is 266 g/mol. The van der Waals surface area contributed by atoms with Crippen molar-refractivity contribution in [3.05, 3.63) is 36.3 Å². The molecule has 108 valence electrons. The van der Waals surface area contributed by atoms with Crippen molar-refractivity contribution in [1.29, 1.82) is 0 Å². The fourth-order valence-corrected chi connectivity index (χ4v) is 3.27. The molecule has 1 N–H and O–H groups in total. The van der Waals surface area contributed by atoms with Crippen molar-refractivity contribution >= 4 is 17.1 Å². The molecule has 0 unspecified atom stereocenters. The topological polar surface area (TPSA) is 68.0 Å². The van der Waals surface area contributed by atoms with E-state index in [0.29, 0.717) is 12.5 Å². The predicted molar refractivity (Wildman–Crippen MR) is 78.0 cm³/mol. The Morgan fingerprint density at radius 1 is 1.29 bits per heavy atom. The second-order valence-electron chi connectivity index (χ2n) is 5.91. The van der Waals surface area contributed by atoms with Gasteiger partial charge >= 0.3 is 5.97 Å². The first-order valence-electron chi connectivity index (χ1n) is 7.46. The number of pyridine rings is 1. The number of hydrogen-bond donors (Lipinski definition) is 1. The number of aliphatic carboxylic acids is 1. The Bertz CT molecular complexity index is 730. The van der Waals surface area contributed by atoms with E-state index in [1.54, 1.807) is 6.20 Å². The molecule has 0 spiro atoms. The lowest BCUT2D eigenvalue weighted by atomic mass is 9.82. The molecule has 21 heavy (non-hydrogen) atoms. The van der Waals surface area contributed by atoms with Crippen molar-refractivity contribution in [1.82, 2.24) is 14.5 Å². The minimum Gasteiger partial charge on any atom is -0.481 e. The van der Waals surface area contributed by atoms with E-state index in [-0.39, 0.29) is 11.8 Å². The van der Waals surface area contributed by atoms with Crippen LogP contribution in [0.15, 0.2) is 30.5 Å². The number of imidazole rings is 1. The molecule has 2 aromatic heterocycles. The Balaban J connectivity index is 1.87. The monoisotopic (exact) mass is 283 g/mol. The van der Waals surface area contributed by atoms with Gasteiger partial charge in [0.25, 0.3) is 0 Å². The molecule has 1 fully saturated rings. The largest absolute Gasteiger partial charge is 0.481 e. The number of carboxylic acid groups (broad SMARTS) is 1. The van der Waals surface area contributed by atoms with Crippen LogP contribution in [-0.2, 0) is 4.79 Å².